The smallest absolute Gasteiger partial charge is 0.352 e. The second kappa shape index (κ2) is 12.0. The molecular formula is C33H39F3N3O3-. The SMILES string of the molecule is [CH2-]C(C)(C)C1CCC2(CC1)N=C(c1cccc(C(F)(F)F)c1)C(=O)N2CC(C)c1ccc(C(=O)NCCC(C)=O)cc1. The fourth-order valence-electron chi connectivity index (χ4n) is 5.96. The van der Waals surface area contributed by atoms with Gasteiger partial charge in [0.2, 0.25) is 0 Å². The predicted molar refractivity (Wildman–Crippen MR) is 156 cm³/mol. The van der Waals surface area contributed by atoms with Crippen LogP contribution in [0.15, 0.2) is 53.5 Å². The van der Waals surface area contributed by atoms with Crippen LogP contribution in [0.5, 0.6) is 0 Å². The van der Waals surface area contributed by atoms with Crippen molar-refractivity contribution in [1.29, 1.82) is 0 Å². The number of amides is 2. The zero-order chi connectivity index (χ0) is 30.9. The lowest BCUT2D eigenvalue weighted by Gasteiger charge is -2.47. The number of carbonyl (C=O) groups is 3. The number of nitrogens with zero attached hydrogens (tertiary/aromatic N) is 2. The third-order valence-electron chi connectivity index (χ3n) is 8.59. The van der Waals surface area contributed by atoms with Crippen LogP contribution in [-0.2, 0) is 15.8 Å². The summed E-state index contributed by atoms with van der Waals surface area (Å²) >= 11 is 0. The summed E-state index contributed by atoms with van der Waals surface area (Å²) in [6.07, 6.45) is -1.43. The van der Waals surface area contributed by atoms with Gasteiger partial charge in [0.1, 0.15) is 17.2 Å². The van der Waals surface area contributed by atoms with Crippen molar-refractivity contribution in [3.63, 3.8) is 0 Å². The maximum Gasteiger partial charge on any atom is 0.416 e. The molecule has 1 spiro atoms. The molecule has 1 aliphatic heterocycles. The van der Waals surface area contributed by atoms with E-state index in [0.29, 0.717) is 30.9 Å². The molecule has 2 aliphatic rings. The van der Waals surface area contributed by atoms with Crippen LogP contribution in [0.25, 0.3) is 0 Å². The van der Waals surface area contributed by atoms with Gasteiger partial charge in [0.25, 0.3) is 11.8 Å². The molecule has 1 heterocycles. The van der Waals surface area contributed by atoms with Crippen molar-refractivity contribution in [2.45, 2.75) is 77.6 Å². The molecule has 1 N–H and O–H groups in total. The zero-order valence-electron chi connectivity index (χ0n) is 24.7. The third kappa shape index (κ3) is 6.93. The second-order valence-electron chi connectivity index (χ2n) is 12.4. The van der Waals surface area contributed by atoms with Crippen molar-refractivity contribution in [2.75, 3.05) is 13.1 Å². The number of hydrogen-bond acceptors (Lipinski definition) is 4. The van der Waals surface area contributed by atoms with Crippen LogP contribution >= 0.6 is 0 Å². The lowest BCUT2D eigenvalue weighted by molar-refractivity contribution is -0.137. The Labute approximate surface area is 245 Å². The van der Waals surface area contributed by atoms with E-state index in [2.05, 4.69) is 26.1 Å². The molecule has 9 heteroatoms. The Bertz CT molecular complexity index is 1350. The Morgan fingerprint density at radius 1 is 1.12 bits per heavy atom. The molecule has 0 saturated heterocycles. The van der Waals surface area contributed by atoms with Crippen molar-refractivity contribution < 1.29 is 27.6 Å². The van der Waals surface area contributed by atoms with E-state index >= 15 is 0 Å². The van der Waals surface area contributed by atoms with E-state index in [9.17, 15) is 27.6 Å². The highest BCUT2D eigenvalue weighted by Crippen LogP contribution is 2.47. The summed E-state index contributed by atoms with van der Waals surface area (Å²) in [5.41, 5.74) is -0.166. The number of nitrogens with one attached hydrogen (secondary N) is 1. The van der Waals surface area contributed by atoms with Gasteiger partial charge in [-0.05, 0) is 68.4 Å². The van der Waals surface area contributed by atoms with Crippen molar-refractivity contribution in [2.24, 2.45) is 16.3 Å². The highest BCUT2D eigenvalue weighted by atomic mass is 19.4. The first-order valence-corrected chi connectivity index (χ1v) is 14.4. The van der Waals surface area contributed by atoms with E-state index in [1.165, 1.54) is 19.1 Å². The van der Waals surface area contributed by atoms with E-state index in [-0.39, 0.29) is 53.2 Å². The monoisotopic (exact) mass is 582 g/mol. The van der Waals surface area contributed by atoms with Gasteiger partial charge in [-0.25, -0.2) is 0 Å². The van der Waals surface area contributed by atoms with Gasteiger partial charge in [-0.1, -0.05) is 51.0 Å². The summed E-state index contributed by atoms with van der Waals surface area (Å²) in [5.74, 6) is -0.418. The minimum absolute atomic E-state index is 0.00235. The maximum absolute atomic E-state index is 13.9. The van der Waals surface area contributed by atoms with E-state index < -0.39 is 17.4 Å². The Hall–Kier alpha value is -3.49. The summed E-state index contributed by atoms with van der Waals surface area (Å²) in [4.78, 5) is 44.1. The zero-order valence-corrected chi connectivity index (χ0v) is 24.7. The van der Waals surface area contributed by atoms with Gasteiger partial charge in [-0.2, -0.15) is 18.6 Å². The molecule has 226 valence electrons. The summed E-state index contributed by atoms with van der Waals surface area (Å²) in [7, 11) is 0. The van der Waals surface area contributed by atoms with E-state index in [0.717, 1.165) is 30.5 Å². The van der Waals surface area contributed by atoms with Crippen LogP contribution in [-0.4, -0.2) is 47.0 Å². The molecule has 1 fully saturated rings. The van der Waals surface area contributed by atoms with Crippen molar-refractivity contribution in [3.05, 3.63) is 77.7 Å². The Balaban J connectivity index is 1.58. The van der Waals surface area contributed by atoms with Gasteiger partial charge >= 0.3 is 6.18 Å². The number of hydrogen-bond donors (Lipinski definition) is 1. The van der Waals surface area contributed by atoms with Gasteiger partial charge in [0.05, 0.1) is 5.56 Å². The fourth-order valence-corrected chi connectivity index (χ4v) is 5.96. The Morgan fingerprint density at radius 3 is 2.33 bits per heavy atom. The first-order valence-electron chi connectivity index (χ1n) is 14.4. The molecule has 2 aromatic carbocycles. The van der Waals surface area contributed by atoms with Gasteiger partial charge in [0.15, 0.2) is 0 Å². The number of carbonyl (C=O) groups excluding carboxylic acids is 3. The van der Waals surface area contributed by atoms with Crippen LogP contribution < -0.4 is 5.32 Å². The average molecular weight is 583 g/mol. The number of Topliss-reactive ketones (excluding diaryl/α,β-unsaturated/α-hetero) is 1. The number of benzene rings is 2. The van der Waals surface area contributed by atoms with Gasteiger partial charge < -0.3 is 17.1 Å². The van der Waals surface area contributed by atoms with Gasteiger partial charge in [-0.3, -0.25) is 19.4 Å². The summed E-state index contributed by atoms with van der Waals surface area (Å²) in [5, 5.41) is 2.73. The molecule has 4 rings (SSSR count). The molecule has 42 heavy (non-hydrogen) atoms. The molecule has 1 saturated carbocycles. The maximum atomic E-state index is 13.9. The molecule has 0 bridgehead atoms. The normalized spacial score (nSPS) is 21.8. The van der Waals surface area contributed by atoms with Gasteiger partial charge in [-0.15, -0.1) is 0 Å². The second-order valence-corrected chi connectivity index (χ2v) is 12.4. The predicted octanol–water partition coefficient (Wildman–Crippen LogP) is 6.60. The van der Waals surface area contributed by atoms with Crippen molar-refractivity contribution in [1.82, 2.24) is 10.2 Å². The lowest BCUT2D eigenvalue weighted by atomic mass is 9.69. The Morgan fingerprint density at radius 2 is 1.76 bits per heavy atom. The molecule has 1 aliphatic carbocycles. The molecular weight excluding hydrogens is 543 g/mol. The van der Waals surface area contributed by atoms with Crippen LogP contribution in [0.3, 0.4) is 0 Å². The summed E-state index contributed by atoms with van der Waals surface area (Å²) in [6, 6.07) is 11.9. The number of ketones is 1. The van der Waals surface area contributed by atoms with Crippen LogP contribution in [0.4, 0.5) is 13.2 Å². The summed E-state index contributed by atoms with van der Waals surface area (Å²) < 4.78 is 40.4. The van der Waals surface area contributed by atoms with Gasteiger partial charge in [0, 0.05) is 30.6 Å². The first-order chi connectivity index (χ1) is 19.6. The van der Waals surface area contributed by atoms with Crippen molar-refractivity contribution >= 4 is 23.3 Å². The molecule has 0 radical (unpaired) electrons. The van der Waals surface area contributed by atoms with E-state index in [1.807, 2.05) is 19.1 Å². The third-order valence-corrected chi connectivity index (χ3v) is 8.59. The number of halogens is 3. The Kier molecular flexibility index (Phi) is 9.00. The quantitative estimate of drug-likeness (QED) is 0.339. The number of alkyl halides is 3. The fraction of sp³-hybridized carbons (Fsp3) is 0.485. The molecule has 0 aromatic heterocycles. The van der Waals surface area contributed by atoms with E-state index in [1.54, 1.807) is 17.0 Å². The minimum Gasteiger partial charge on any atom is -0.352 e. The molecule has 2 aromatic rings. The number of rotatable bonds is 9. The standard InChI is InChI=1S/C33H39F3N3O3/c1-21(23-9-11-24(12-10-23)29(41)37-18-15-22(2)40)20-39-30(42)28(25-7-6-8-27(19-25)33(34,35)36)38-32(39)16-13-26(14-17-32)31(3,4)5/h6-12,19,21,26H,3,13-18,20H2,1-2,4-5H3,(H,37,41)/q-1. The molecule has 1 atom stereocenters. The molecule has 2 amide bonds. The summed E-state index contributed by atoms with van der Waals surface area (Å²) in [6.45, 7) is 12.5. The molecule has 6 nitrogen and oxygen atoms in total. The van der Waals surface area contributed by atoms with Crippen LogP contribution in [0.2, 0.25) is 0 Å². The highest BCUT2D eigenvalue weighted by molar-refractivity contribution is 6.46. The number of aliphatic imine (C=N–C) groups is 1. The first kappa shape index (κ1) is 31.4. The molecule has 1 unspecified atom stereocenters. The lowest BCUT2D eigenvalue weighted by Crippen LogP contribution is -2.51. The average Bonchev–Trinajstić information content (AvgIpc) is 3.18. The highest BCUT2D eigenvalue weighted by Gasteiger charge is 2.50. The van der Waals surface area contributed by atoms with Crippen molar-refractivity contribution in [3.8, 4) is 0 Å². The topological polar surface area (TPSA) is 78.8 Å². The minimum atomic E-state index is -4.53. The van der Waals surface area contributed by atoms with Crippen LogP contribution in [0.1, 0.15) is 92.8 Å². The van der Waals surface area contributed by atoms with E-state index in [4.69, 9.17) is 4.99 Å². The largest absolute Gasteiger partial charge is 0.416 e. The van der Waals surface area contributed by atoms with Crippen LogP contribution in [0, 0.1) is 18.3 Å².